The van der Waals surface area contributed by atoms with Gasteiger partial charge in [0.15, 0.2) is 0 Å². The molecule has 0 amide bonds. The third-order valence-corrected chi connectivity index (χ3v) is 2.98. The first kappa shape index (κ1) is 15.0. The number of hydrogen-bond donors (Lipinski definition) is 0. The summed E-state index contributed by atoms with van der Waals surface area (Å²) in [6.07, 6.45) is -3.83. The van der Waals surface area contributed by atoms with E-state index in [9.17, 15) is 22.0 Å². The fourth-order valence-electron chi connectivity index (χ4n) is 1.86. The summed E-state index contributed by atoms with van der Waals surface area (Å²) >= 11 is 5.82. The Bertz CT molecular complexity index is 624. The van der Waals surface area contributed by atoms with Crippen LogP contribution in [0.1, 0.15) is 18.1 Å². The average Bonchev–Trinajstić information content (AvgIpc) is 2.67. The number of aromatic nitrogens is 2. The Morgan fingerprint density at radius 2 is 2.00 bits per heavy atom. The van der Waals surface area contributed by atoms with E-state index in [1.807, 2.05) is 0 Å². The molecular weight excluding hydrogens is 303 g/mol. The van der Waals surface area contributed by atoms with Gasteiger partial charge in [-0.1, -0.05) is 0 Å². The molecule has 0 saturated heterocycles. The SMILES string of the molecule is CC(Cl)c1nc2ccc(F)cc2n1CC(F)(F)C(F)F. The maximum Gasteiger partial charge on any atom is 0.324 e. The van der Waals surface area contributed by atoms with Crippen LogP contribution in [0.5, 0.6) is 0 Å². The molecule has 2 nitrogen and oxygen atoms in total. The molecule has 1 atom stereocenters. The number of benzene rings is 1. The Balaban J connectivity index is 2.59. The zero-order valence-electron chi connectivity index (χ0n) is 10.3. The summed E-state index contributed by atoms with van der Waals surface area (Å²) in [7, 11) is 0. The highest BCUT2D eigenvalue weighted by atomic mass is 35.5. The maximum absolute atomic E-state index is 13.2. The second-order valence-electron chi connectivity index (χ2n) is 4.37. The molecule has 1 heterocycles. The van der Waals surface area contributed by atoms with Crippen molar-refractivity contribution in [1.29, 1.82) is 0 Å². The van der Waals surface area contributed by atoms with E-state index in [2.05, 4.69) is 4.98 Å². The van der Waals surface area contributed by atoms with E-state index in [-0.39, 0.29) is 16.9 Å². The van der Waals surface area contributed by atoms with Gasteiger partial charge in [-0.05, 0) is 25.1 Å². The third kappa shape index (κ3) is 2.72. The number of alkyl halides is 5. The van der Waals surface area contributed by atoms with E-state index < -0.39 is 30.1 Å². The van der Waals surface area contributed by atoms with E-state index in [1.165, 1.54) is 13.0 Å². The summed E-state index contributed by atoms with van der Waals surface area (Å²) in [5.74, 6) is -4.93. The average molecular weight is 313 g/mol. The molecule has 2 aromatic rings. The summed E-state index contributed by atoms with van der Waals surface area (Å²) in [5, 5.41) is -0.779. The van der Waals surface area contributed by atoms with Crippen LogP contribution < -0.4 is 0 Å². The standard InChI is InChI=1S/C12H10ClF5N2/c1-6(13)10-19-8-3-2-7(14)4-9(8)20(10)5-12(17,18)11(15)16/h2-4,6,11H,5H2,1H3. The molecule has 0 saturated carbocycles. The fraction of sp³-hybridized carbons (Fsp3) is 0.417. The van der Waals surface area contributed by atoms with Crippen molar-refractivity contribution in [3.05, 3.63) is 29.8 Å². The van der Waals surface area contributed by atoms with Crippen LogP contribution in [0.15, 0.2) is 18.2 Å². The molecule has 0 aliphatic rings. The quantitative estimate of drug-likeness (QED) is 0.605. The number of fused-ring (bicyclic) bond motifs is 1. The summed E-state index contributed by atoms with van der Waals surface area (Å²) in [6.45, 7) is 0.160. The van der Waals surface area contributed by atoms with Crippen LogP contribution in [-0.2, 0) is 6.54 Å². The van der Waals surface area contributed by atoms with Gasteiger partial charge in [-0.25, -0.2) is 18.2 Å². The van der Waals surface area contributed by atoms with Crippen molar-refractivity contribution in [1.82, 2.24) is 9.55 Å². The lowest BCUT2D eigenvalue weighted by molar-refractivity contribution is -0.137. The predicted molar refractivity (Wildman–Crippen MR) is 64.9 cm³/mol. The zero-order chi connectivity index (χ0) is 15.1. The number of nitrogens with zero attached hydrogens (tertiary/aromatic N) is 2. The van der Waals surface area contributed by atoms with Crippen LogP contribution in [-0.4, -0.2) is 21.9 Å². The molecule has 1 unspecified atom stereocenters. The van der Waals surface area contributed by atoms with Gasteiger partial charge in [0.05, 0.1) is 23.0 Å². The van der Waals surface area contributed by atoms with Gasteiger partial charge < -0.3 is 4.57 Å². The van der Waals surface area contributed by atoms with Crippen molar-refractivity contribution < 1.29 is 22.0 Å². The number of halogens is 6. The highest BCUT2D eigenvalue weighted by Crippen LogP contribution is 2.31. The Morgan fingerprint density at radius 1 is 1.35 bits per heavy atom. The zero-order valence-corrected chi connectivity index (χ0v) is 11.0. The highest BCUT2D eigenvalue weighted by molar-refractivity contribution is 6.20. The van der Waals surface area contributed by atoms with E-state index in [0.29, 0.717) is 0 Å². The number of rotatable bonds is 4. The summed E-state index contributed by atoms with van der Waals surface area (Å²) in [4.78, 5) is 3.98. The molecule has 8 heteroatoms. The molecule has 0 radical (unpaired) electrons. The smallest absolute Gasteiger partial charge is 0.320 e. The van der Waals surface area contributed by atoms with E-state index in [0.717, 1.165) is 16.7 Å². The van der Waals surface area contributed by atoms with Gasteiger partial charge >= 0.3 is 12.3 Å². The van der Waals surface area contributed by atoms with Gasteiger partial charge in [0, 0.05) is 0 Å². The van der Waals surface area contributed by atoms with E-state index in [1.54, 1.807) is 0 Å². The third-order valence-electron chi connectivity index (χ3n) is 2.78. The van der Waals surface area contributed by atoms with Crippen molar-refractivity contribution in [3.63, 3.8) is 0 Å². The monoisotopic (exact) mass is 312 g/mol. The molecule has 0 N–H and O–H groups in total. The Morgan fingerprint density at radius 3 is 2.55 bits per heavy atom. The van der Waals surface area contributed by atoms with Crippen molar-refractivity contribution in [2.75, 3.05) is 0 Å². The second-order valence-corrected chi connectivity index (χ2v) is 5.02. The molecule has 1 aromatic heterocycles. The topological polar surface area (TPSA) is 17.8 Å². The van der Waals surface area contributed by atoms with Crippen molar-refractivity contribution in [2.24, 2.45) is 0 Å². The molecule has 1 aromatic carbocycles. The largest absolute Gasteiger partial charge is 0.324 e. The van der Waals surface area contributed by atoms with Gasteiger partial charge in [0.2, 0.25) is 0 Å². The number of imidazole rings is 1. The second kappa shape index (κ2) is 5.20. The minimum absolute atomic E-state index is 0.00686. The lowest BCUT2D eigenvalue weighted by Crippen LogP contribution is -2.32. The van der Waals surface area contributed by atoms with Crippen LogP contribution in [0.2, 0.25) is 0 Å². The Labute approximate surface area is 116 Å². The Kier molecular flexibility index (Phi) is 3.90. The molecule has 0 aliphatic heterocycles. The number of hydrogen-bond acceptors (Lipinski definition) is 1. The first-order chi connectivity index (χ1) is 9.22. The molecule has 0 fully saturated rings. The van der Waals surface area contributed by atoms with Gasteiger partial charge in [-0.2, -0.15) is 8.78 Å². The summed E-state index contributed by atoms with van der Waals surface area (Å²) in [5.41, 5.74) is 0.229. The molecule has 110 valence electrons. The first-order valence-corrected chi connectivity index (χ1v) is 6.11. The van der Waals surface area contributed by atoms with Crippen LogP contribution in [0.3, 0.4) is 0 Å². The first-order valence-electron chi connectivity index (χ1n) is 5.68. The van der Waals surface area contributed by atoms with Crippen LogP contribution in [0.4, 0.5) is 22.0 Å². The van der Waals surface area contributed by atoms with Crippen molar-refractivity contribution in [3.8, 4) is 0 Å². The summed E-state index contributed by atoms with van der Waals surface area (Å²) in [6, 6.07) is 3.35. The minimum Gasteiger partial charge on any atom is -0.320 e. The maximum atomic E-state index is 13.2. The molecule has 0 bridgehead atoms. The van der Waals surface area contributed by atoms with Crippen molar-refractivity contribution in [2.45, 2.75) is 31.2 Å². The minimum atomic E-state index is -4.25. The van der Waals surface area contributed by atoms with Crippen LogP contribution >= 0.6 is 11.6 Å². The predicted octanol–water partition coefficient (Wildman–Crippen LogP) is 4.38. The highest BCUT2D eigenvalue weighted by Gasteiger charge is 2.42. The van der Waals surface area contributed by atoms with E-state index >= 15 is 0 Å². The molecule has 20 heavy (non-hydrogen) atoms. The normalized spacial score (nSPS) is 14.2. The van der Waals surface area contributed by atoms with Gasteiger partial charge in [0.1, 0.15) is 11.6 Å². The lowest BCUT2D eigenvalue weighted by atomic mass is 10.3. The van der Waals surface area contributed by atoms with E-state index in [4.69, 9.17) is 11.6 Å². The molecular formula is C12H10ClF5N2. The lowest BCUT2D eigenvalue weighted by Gasteiger charge is -2.18. The summed E-state index contributed by atoms with van der Waals surface area (Å²) < 4.78 is 65.2. The van der Waals surface area contributed by atoms with Crippen LogP contribution in [0, 0.1) is 5.82 Å². The molecule has 0 aliphatic carbocycles. The van der Waals surface area contributed by atoms with Crippen LogP contribution in [0.25, 0.3) is 11.0 Å². The van der Waals surface area contributed by atoms with Crippen molar-refractivity contribution >= 4 is 22.6 Å². The molecule has 2 rings (SSSR count). The molecule has 0 spiro atoms. The Hall–Kier alpha value is -1.37. The van der Waals surface area contributed by atoms with Gasteiger partial charge in [-0.3, -0.25) is 0 Å². The fourth-order valence-corrected chi connectivity index (χ4v) is 2.03. The van der Waals surface area contributed by atoms with Gasteiger partial charge in [-0.15, -0.1) is 11.6 Å². The van der Waals surface area contributed by atoms with Gasteiger partial charge in [0.25, 0.3) is 0 Å².